The minimum absolute atomic E-state index is 0.104. The number of carbonyl (C=O) groups is 2. The maximum absolute atomic E-state index is 11.9. The van der Waals surface area contributed by atoms with Gasteiger partial charge >= 0.3 is 0 Å². The average molecular weight is 392 g/mol. The van der Waals surface area contributed by atoms with E-state index in [-0.39, 0.29) is 12.5 Å². The Balaban J connectivity index is 2.07. The van der Waals surface area contributed by atoms with Crippen LogP contribution in [-0.4, -0.2) is 59.8 Å². The van der Waals surface area contributed by atoms with Gasteiger partial charge in [-0.25, -0.2) is 4.58 Å². The number of aliphatic carboxylic acids is 1. The van der Waals surface area contributed by atoms with E-state index in [1.807, 2.05) is 11.8 Å². The maximum Gasteiger partial charge on any atom is 0.226 e. The first kappa shape index (κ1) is 24.0. The molecule has 0 saturated heterocycles. The van der Waals surface area contributed by atoms with Crippen LogP contribution in [0.3, 0.4) is 0 Å². The van der Waals surface area contributed by atoms with Gasteiger partial charge in [-0.2, -0.15) is 0 Å². The molecule has 1 aliphatic heterocycles. The number of carboxylic acids is 1. The van der Waals surface area contributed by atoms with Crippen LogP contribution in [0.5, 0.6) is 0 Å². The Hall–Kier alpha value is -2.03. The van der Waals surface area contributed by atoms with Crippen LogP contribution in [0, 0.1) is 12.0 Å². The molecule has 1 rings (SSSR count). The highest BCUT2D eigenvalue weighted by atomic mass is 16.4. The van der Waals surface area contributed by atoms with Crippen molar-refractivity contribution in [2.24, 2.45) is 0 Å². The summed E-state index contributed by atoms with van der Waals surface area (Å²) < 4.78 is 1.71. The Labute approximate surface area is 170 Å². The molecular weight excluding hydrogens is 354 g/mol. The number of carboxylic acid groups (broad SMARTS) is 1. The van der Waals surface area contributed by atoms with E-state index in [9.17, 15) is 14.7 Å². The van der Waals surface area contributed by atoms with Gasteiger partial charge in [0.05, 0.1) is 6.54 Å². The van der Waals surface area contributed by atoms with Crippen molar-refractivity contribution in [2.45, 2.75) is 78.1 Å². The van der Waals surface area contributed by atoms with E-state index in [0.717, 1.165) is 18.6 Å². The van der Waals surface area contributed by atoms with Gasteiger partial charge in [-0.05, 0) is 6.42 Å². The van der Waals surface area contributed by atoms with Gasteiger partial charge in [-0.1, -0.05) is 58.3 Å². The van der Waals surface area contributed by atoms with E-state index < -0.39 is 5.97 Å². The van der Waals surface area contributed by atoms with Gasteiger partial charge < -0.3 is 20.1 Å². The molecule has 0 radical (unpaired) electrons. The fourth-order valence-electron chi connectivity index (χ4n) is 3.24. The highest BCUT2D eigenvalue weighted by molar-refractivity contribution is 5.94. The third-order valence-electron chi connectivity index (χ3n) is 5.04. The minimum Gasteiger partial charge on any atom is -0.544 e. The van der Waals surface area contributed by atoms with E-state index in [1.54, 1.807) is 4.58 Å². The summed E-state index contributed by atoms with van der Waals surface area (Å²) >= 11 is 0. The Morgan fingerprint density at radius 2 is 1.75 bits per heavy atom. The van der Waals surface area contributed by atoms with Crippen molar-refractivity contribution in [2.75, 3.05) is 32.7 Å². The van der Waals surface area contributed by atoms with Crippen molar-refractivity contribution in [3.63, 3.8) is 0 Å². The Morgan fingerprint density at radius 3 is 2.39 bits per heavy atom. The summed E-state index contributed by atoms with van der Waals surface area (Å²) in [5.41, 5.74) is 0.737. The van der Waals surface area contributed by atoms with Crippen LogP contribution in [0.4, 0.5) is 0 Å². The van der Waals surface area contributed by atoms with E-state index in [0.29, 0.717) is 32.6 Å². The summed E-state index contributed by atoms with van der Waals surface area (Å²) in [6.07, 6.45) is 11.8. The predicted octanol–water partition coefficient (Wildman–Crippen LogP) is 1.52. The van der Waals surface area contributed by atoms with Crippen molar-refractivity contribution in [1.82, 2.24) is 10.2 Å². The zero-order chi connectivity index (χ0) is 20.6. The predicted molar refractivity (Wildman–Crippen MR) is 110 cm³/mol. The molecule has 0 fully saturated rings. The van der Waals surface area contributed by atoms with E-state index >= 15 is 0 Å². The van der Waals surface area contributed by atoms with Gasteiger partial charge in [0.2, 0.25) is 11.6 Å². The molecule has 1 aliphatic rings. The molecule has 0 aliphatic carbocycles. The summed E-state index contributed by atoms with van der Waals surface area (Å²) in [7, 11) is 0. The minimum atomic E-state index is -1.10. The van der Waals surface area contributed by atoms with E-state index in [4.69, 9.17) is 0 Å². The Morgan fingerprint density at radius 1 is 1.11 bits per heavy atom. The lowest BCUT2D eigenvalue weighted by atomic mass is 10.1. The molecule has 1 N–H and O–H groups in total. The number of hydrogen-bond acceptors (Lipinski definition) is 4. The second-order valence-electron chi connectivity index (χ2n) is 7.53. The average Bonchev–Trinajstić information content (AvgIpc) is 2.82. The molecule has 0 aromatic carbocycles. The molecule has 0 spiro atoms. The summed E-state index contributed by atoms with van der Waals surface area (Å²) in [6.45, 7) is 6.33. The molecule has 0 saturated carbocycles. The summed E-state index contributed by atoms with van der Waals surface area (Å²) in [4.78, 5) is 24.6. The molecule has 28 heavy (non-hydrogen) atoms. The smallest absolute Gasteiger partial charge is 0.226 e. The second-order valence-corrected chi connectivity index (χ2v) is 7.53. The fraction of sp³-hybridized carbons (Fsp3) is 0.773. The molecule has 0 aromatic heterocycles. The molecule has 0 aromatic rings. The van der Waals surface area contributed by atoms with Crippen LogP contribution in [-0.2, 0) is 9.59 Å². The Bertz CT molecular complexity index is 575. The van der Waals surface area contributed by atoms with Crippen LogP contribution in [0.2, 0.25) is 0 Å². The van der Waals surface area contributed by atoms with Crippen molar-refractivity contribution in [3.8, 4) is 12.0 Å². The molecule has 0 bridgehead atoms. The van der Waals surface area contributed by atoms with Gasteiger partial charge in [0.15, 0.2) is 13.1 Å². The van der Waals surface area contributed by atoms with Crippen LogP contribution in [0.15, 0.2) is 0 Å². The molecule has 6 heteroatoms. The first-order valence-corrected chi connectivity index (χ1v) is 10.8. The van der Waals surface area contributed by atoms with Crippen LogP contribution >= 0.6 is 0 Å². The number of nitrogens with one attached hydrogen (secondary N) is 1. The molecule has 0 atom stereocenters. The molecule has 6 nitrogen and oxygen atoms in total. The van der Waals surface area contributed by atoms with E-state index in [1.165, 1.54) is 44.9 Å². The third-order valence-corrected chi connectivity index (χ3v) is 5.04. The molecular formula is C22H37N3O3. The van der Waals surface area contributed by atoms with Gasteiger partial charge in [0.25, 0.3) is 0 Å². The Kier molecular flexibility index (Phi) is 12.8. The topological polar surface area (TPSA) is 75.5 Å². The number of unbranched alkanes of at least 4 members (excludes halogenated alkanes) is 8. The summed E-state index contributed by atoms with van der Waals surface area (Å²) in [6, 6.07) is 3.03. The normalized spacial score (nSPS) is 13.7. The van der Waals surface area contributed by atoms with Crippen LogP contribution in [0.25, 0.3) is 0 Å². The largest absolute Gasteiger partial charge is 0.544 e. The van der Waals surface area contributed by atoms with Crippen LogP contribution < -0.4 is 10.4 Å². The van der Waals surface area contributed by atoms with Crippen molar-refractivity contribution in [3.05, 3.63) is 0 Å². The SMILES string of the molecule is CCCCCCCCCCCC(=O)NCCN1C#CC(C)=[N+](CC(=O)[O-])CC1. The van der Waals surface area contributed by atoms with Gasteiger partial charge in [0, 0.05) is 38.4 Å². The maximum atomic E-state index is 11.9. The van der Waals surface area contributed by atoms with Crippen molar-refractivity contribution in [1.29, 1.82) is 0 Å². The molecule has 158 valence electrons. The van der Waals surface area contributed by atoms with Gasteiger partial charge in [0.1, 0.15) is 5.97 Å². The number of rotatable bonds is 15. The first-order chi connectivity index (χ1) is 13.5. The lowest BCUT2D eigenvalue weighted by Crippen LogP contribution is -2.38. The summed E-state index contributed by atoms with van der Waals surface area (Å²) in [5, 5.41) is 13.7. The quantitative estimate of drug-likeness (QED) is 0.261. The van der Waals surface area contributed by atoms with Gasteiger partial charge in [-0.3, -0.25) is 4.79 Å². The van der Waals surface area contributed by atoms with Crippen LogP contribution in [0.1, 0.15) is 78.1 Å². The highest BCUT2D eigenvalue weighted by Gasteiger charge is 2.14. The van der Waals surface area contributed by atoms with Crippen molar-refractivity contribution < 1.29 is 19.3 Å². The highest BCUT2D eigenvalue weighted by Crippen LogP contribution is 2.10. The molecule has 1 heterocycles. The number of carbonyl (C=O) groups excluding carboxylic acids is 2. The zero-order valence-electron chi connectivity index (χ0n) is 17.7. The third kappa shape index (κ3) is 11.6. The van der Waals surface area contributed by atoms with E-state index in [2.05, 4.69) is 24.2 Å². The lowest BCUT2D eigenvalue weighted by molar-refractivity contribution is -0.526. The van der Waals surface area contributed by atoms with Crippen molar-refractivity contribution >= 4 is 17.6 Å². The number of nitrogens with zero attached hydrogens (tertiary/aromatic N) is 2. The zero-order valence-corrected chi connectivity index (χ0v) is 17.7. The number of amides is 1. The van der Waals surface area contributed by atoms with Gasteiger partial charge in [-0.15, -0.1) is 0 Å². The second kappa shape index (κ2) is 15.0. The molecule has 0 unspecified atom stereocenters. The monoisotopic (exact) mass is 391 g/mol. The number of hydrogen-bond donors (Lipinski definition) is 1. The first-order valence-electron chi connectivity index (χ1n) is 10.8. The summed E-state index contributed by atoms with van der Waals surface area (Å²) in [5.74, 6) is 1.98. The molecule has 1 amide bonds. The standard InChI is InChI=1S/C22H37N3O3/c1-3-4-5-6-7-8-9-10-11-12-21(26)23-14-16-24-15-13-20(2)25(18-17-24)19-22(27)28/h3-12,14,16-19H2,1-2H3,(H-,23,26,27,28). The lowest BCUT2D eigenvalue weighted by Gasteiger charge is -2.16. The fourth-order valence-corrected chi connectivity index (χ4v) is 3.24.